The van der Waals surface area contributed by atoms with Gasteiger partial charge in [-0.15, -0.1) is 10.2 Å². The van der Waals surface area contributed by atoms with Crippen LogP contribution in [-0.4, -0.2) is 42.8 Å². The number of nitrogens with zero attached hydrogens (tertiary/aromatic N) is 3. The molecule has 0 bridgehead atoms. The van der Waals surface area contributed by atoms with Crippen molar-refractivity contribution < 1.29 is 4.74 Å². The third kappa shape index (κ3) is 3.62. The van der Waals surface area contributed by atoms with Crippen molar-refractivity contribution >= 4 is 28.2 Å². The van der Waals surface area contributed by atoms with Crippen LogP contribution in [0.2, 0.25) is 0 Å². The first-order valence-corrected chi connectivity index (χ1v) is 6.44. The lowest BCUT2D eigenvalue weighted by Gasteiger charge is -2.15. The lowest BCUT2D eigenvalue weighted by molar-refractivity contribution is 0.120. The second-order valence-corrected chi connectivity index (χ2v) is 6.09. The summed E-state index contributed by atoms with van der Waals surface area (Å²) in [7, 11) is 5.67. The molecule has 0 saturated carbocycles. The predicted molar refractivity (Wildman–Crippen MR) is 66.0 cm³/mol. The van der Waals surface area contributed by atoms with Gasteiger partial charge in [0, 0.05) is 26.5 Å². The summed E-state index contributed by atoms with van der Waals surface area (Å²) in [5.74, 6) is 0. The highest BCUT2D eigenvalue weighted by molar-refractivity contribution is 8.01. The van der Waals surface area contributed by atoms with E-state index in [9.17, 15) is 0 Å². The lowest BCUT2D eigenvalue weighted by Crippen LogP contribution is -2.18. The Morgan fingerprint density at radius 1 is 1.33 bits per heavy atom. The number of thioether (sulfide) groups is 1. The quantitative estimate of drug-likeness (QED) is 0.745. The molecule has 0 amide bonds. The molecule has 0 saturated heterocycles. The first-order chi connectivity index (χ1) is 7.04. The minimum Gasteiger partial charge on any atom is -0.381 e. The highest BCUT2D eigenvalue weighted by atomic mass is 32.2. The average Bonchev–Trinajstić information content (AvgIpc) is 2.65. The van der Waals surface area contributed by atoms with E-state index >= 15 is 0 Å². The summed E-state index contributed by atoms with van der Waals surface area (Å²) >= 11 is 3.32. The van der Waals surface area contributed by atoms with Crippen LogP contribution in [0.4, 0.5) is 5.13 Å². The number of ether oxygens (including phenoxy) is 1. The zero-order valence-corrected chi connectivity index (χ0v) is 11.4. The van der Waals surface area contributed by atoms with E-state index in [0.29, 0.717) is 5.25 Å². The van der Waals surface area contributed by atoms with E-state index in [0.717, 1.165) is 9.47 Å². The van der Waals surface area contributed by atoms with Gasteiger partial charge in [-0.3, -0.25) is 0 Å². The van der Waals surface area contributed by atoms with Gasteiger partial charge in [0.1, 0.15) is 0 Å². The van der Waals surface area contributed by atoms with Crippen molar-refractivity contribution in [3.05, 3.63) is 0 Å². The Balaban J connectivity index is 2.57. The second kappa shape index (κ2) is 5.67. The molecule has 6 heteroatoms. The van der Waals surface area contributed by atoms with Crippen LogP contribution in [0.5, 0.6) is 0 Å². The molecule has 0 spiro atoms. The summed E-state index contributed by atoms with van der Waals surface area (Å²) in [5, 5.41) is 9.54. The molecule has 0 N–H and O–H groups in total. The maximum Gasteiger partial charge on any atom is 0.208 e. The van der Waals surface area contributed by atoms with Gasteiger partial charge >= 0.3 is 0 Å². The van der Waals surface area contributed by atoms with E-state index in [1.165, 1.54) is 0 Å². The van der Waals surface area contributed by atoms with Crippen LogP contribution >= 0.6 is 23.1 Å². The van der Waals surface area contributed by atoms with Crippen molar-refractivity contribution in [2.45, 2.75) is 29.5 Å². The van der Waals surface area contributed by atoms with Crippen molar-refractivity contribution in [1.29, 1.82) is 0 Å². The van der Waals surface area contributed by atoms with Gasteiger partial charge in [-0.25, -0.2) is 0 Å². The van der Waals surface area contributed by atoms with Crippen LogP contribution in [0.1, 0.15) is 13.8 Å². The predicted octanol–water partition coefficient (Wildman–Crippen LogP) is 2.12. The Morgan fingerprint density at radius 3 is 2.47 bits per heavy atom. The topological polar surface area (TPSA) is 38.3 Å². The van der Waals surface area contributed by atoms with Gasteiger partial charge in [-0.05, 0) is 6.92 Å². The third-order valence-electron chi connectivity index (χ3n) is 2.10. The summed E-state index contributed by atoms with van der Waals surface area (Å²) < 4.78 is 6.26. The van der Waals surface area contributed by atoms with E-state index in [1.807, 2.05) is 19.0 Å². The fourth-order valence-electron chi connectivity index (χ4n) is 0.877. The molecule has 2 unspecified atom stereocenters. The van der Waals surface area contributed by atoms with Gasteiger partial charge in [0.2, 0.25) is 5.13 Å². The Hall–Kier alpha value is -0.330. The standard InChI is InChI=1S/C9H17N3OS2/c1-6(13-5)7(2)14-9-11-10-8(15-9)12(3)4/h6-7H,1-5H3. The number of methoxy groups -OCH3 is 1. The van der Waals surface area contributed by atoms with E-state index < -0.39 is 0 Å². The van der Waals surface area contributed by atoms with Gasteiger partial charge in [-0.1, -0.05) is 30.0 Å². The highest BCUT2D eigenvalue weighted by Gasteiger charge is 2.15. The van der Waals surface area contributed by atoms with E-state index in [2.05, 4.69) is 24.0 Å². The third-order valence-corrected chi connectivity index (χ3v) is 4.56. The molecular weight excluding hydrogens is 230 g/mol. The number of hydrogen-bond acceptors (Lipinski definition) is 6. The van der Waals surface area contributed by atoms with Crippen LogP contribution < -0.4 is 4.90 Å². The SMILES string of the molecule is COC(C)C(C)Sc1nnc(N(C)C)s1. The molecule has 1 heterocycles. The molecule has 0 aliphatic heterocycles. The first kappa shape index (κ1) is 12.7. The molecule has 0 radical (unpaired) electrons. The van der Waals surface area contributed by atoms with Crippen LogP contribution in [0.15, 0.2) is 4.34 Å². The average molecular weight is 247 g/mol. The number of anilines is 1. The second-order valence-electron chi connectivity index (χ2n) is 3.51. The summed E-state index contributed by atoms with van der Waals surface area (Å²) in [4.78, 5) is 1.96. The van der Waals surface area contributed by atoms with Crippen LogP contribution in [0.25, 0.3) is 0 Å². The first-order valence-electron chi connectivity index (χ1n) is 4.75. The molecule has 0 aromatic carbocycles. The molecule has 2 atom stereocenters. The van der Waals surface area contributed by atoms with Crippen molar-refractivity contribution in [2.24, 2.45) is 0 Å². The smallest absolute Gasteiger partial charge is 0.208 e. The lowest BCUT2D eigenvalue weighted by atomic mass is 10.3. The number of aromatic nitrogens is 2. The fraction of sp³-hybridized carbons (Fsp3) is 0.778. The Morgan fingerprint density at radius 2 is 2.00 bits per heavy atom. The summed E-state index contributed by atoms with van der Waals surface area (Å²) in [6.07, 6.45) is 0.224. The minimum absolute atomic E-state index is 0.224. The van der Waals surface area contributed by atoms with Gasteiger partial charge in [0.05, 0.1) is 6.10 Å². The molecule has 1 aromatic rings. The summed E-state index contributed by atoms with van der Waals surface area (Å²) in [6, 6.07) is 0. The van der Waals surface area contributed by atoms with Crippen LogP contribution in [0.3, 0.4) is 0 Å². The Kier molecular flexibility index (Phi) is 4.82. The highest BCUT2D eigenvalue weighted by Crippen LogP contribution is 2.31. The molecule has 15 heavy (non-hydrogen) atoms. The van der Waals surface area contributed by atoms with Gasteiger partial charge in [0.15, 0.2) is 4.34 Å². The molecule has 1 aromatic heterocycles. The molecular formula is C9H17N3OS2. The molecule has 86 valence electrons. The van der Waals surface area contributed by atoms with Gasteiger partial charge < -0.3 is 9.64 Å². The number of rotatable bonds is 5. The van der Waals surface area contributed by atoms with E-state index in [4.69, 9.17) is 4.74 Å². The molecule has 0 fully saturated rings. The maximum atomic E-state index is 5.26. The Labute approximate surface area is 99.0 Å². The van der Waals surface area contributed by atoms with Crippen molar-refractivity contribution in [2.75, 3.05) is 26.1 Å². The van der Waals surface area contributed by atoms with E-state index in [-0.39, 0.29) is 6.10 Å². The van der Waals surface area contributed by atoms with Crippen molar-refractivity contribution in [3.8, 4) is 0 Å². The molecule has 4 nitrogen and oxygen atoms in total. The zero-order valence-electron chi connectivity index (χ0n) is 9.72. The van der Waals surface area contributed by atoms with E-state index in [1.54, 1.807) is 30.2 Å². The van der Waals surface area contributed by atoms with Crippen LogP contribution in [-0.2, 0) is 4.74 Å². The van der Waals surface area contributed by atoms with Crippen molar-refractivity contribution in [3.63, 3.8) is 0 Å². The minimum atomic E-state index is 0.224. The monoisotopic (exact) mass is 247 g/mol. The fourth-order valence-corrected chi connectivity index (χ4v) is 2.96. The number of hydrogen-bond donors (Lipinski definition) is 0. The molecule has 0 aliphatic rings. The maximum absolute atomic E-state index is 5.26. The van der Waals surface area contributed by atoms with Crippen LogP contribution in [0, 0.1) is 0 Å². The molecule has 1 rings (SSSR count). The molecule has 0 aliphatic carbocycles. The summed E-state index contributed by atoms with van der Waals surface area (Å²) in [6.45, 7) is 4.20. The largest absolute Gasteiger partial charge is 0.381 e. The van der Waals surface area contributed by atoms with Gasteiger partial charge in [0.25, 0.3) is 0 Å². The van der Waals surface area contributed by atoms with Gasteiger partial charge in [-0.2, -0.15) is 0 Å². The van der Waals surface area contributed by atoms with Crippen molar-refractivity contribution in [1.82, 2.24) is 10.2 Å². The Bertz CT molecular complexity index is 303. The summed E-state index contributed by atoms with van der Waals surface area (Å²) in [5.41, 5.74) is 0. The normalized spacial score (nSPS) is 15.0. The zero-order chi connectivity index (χ0) is 11.4.